The molecule has 0 spiro atoms. The summed E-state index contributed by atoms with van der Waals surface area (Å²) in [6.07, 6.45) is 9.73. The van der Waals surface area contributed by atoms with Crippen LogP contribution in [-0.4, -0.2) is 55.3 Å². The molecule has 0 bridgehead atoms. The van der Waals surface area contributed by atoms with E-state index in [2.05, 4.69) is 41.0 Å². The molecular weight excluding hydrogens is 510 g/mol. The Hall–Kier alpha value is -4.35. The van der Waals surface area contributed by atoms with Crippen molar-refractivity contribution in [3.05, 3.63) is 71.5 Å². The van der Waals surface area contributed by atoms with Crippen LogP contribution in [0, 0.1) is 0 Å². The molecule has 0 radical (unpaired) electrons. The molecule has 0 saturated heterocycles. The molecule has 17 heteroatoms. The lowest BCUT2D eigenvalue weighted by Crippen LogP contribution is -2.38. The Kier molecular flexibility index (Phi) is 3.79. The summed E-state index contributed by atoms with van der Waals surface area (Å²) in [4.78, 5) is 13.6. The number of rotatable bonds is 6. The third-order valence-corrected chi connectivity index (χ3v) is 15.2. The molecule has 14 nitrogen and oxygen atoms in total. The highest BCUT2D eigenvalue weighted by Gasteiger charge is 2.80. The SMILES string of the molecule is c1cc(S2(c3cn[nH]n3)(c3ncc[nH]3)(c3nccs3)N=NC(c3conn3)=C2c2ccsn2)[nH]n1. The van der Waals surface area contributed by atoms with E-state index in [1.807, 2.05) is 22.9 Å². The summed E-state index contributed by atoms with van der Waals surface area (Å²) in [5.41, 5.74) is 1.34. The number of aromatic amines is 3. The van der Waals surface area contributed by atoms with Gasteiger partial charge in [0.1, 0.15) is 10.7 Å². The van der Waals surface area contributed by atoms with Crippen molar-refractivity contribution in [2.45, 2.75) is 19.5 Å². The molecule has 3 N–H and O–H groups in total. The summed E-state index contributed by atoms with van der Waals surface area (Å²) >= 11 is 2.68. The minimum atomic E-state index is -5.02. The maximum Gasteiger partial charge on any atom is 0.172 e. The second kappa shape index (κ2) is 6.62. The van der Waals surface area contributed by atoms with E-state index < -0.39 is 8.48 Å². The maximum absolute atomic E-state index is 5.26. The summed E-state index contributed by atoms with van der Waals surface area (Å²) < 4.78 is 15.7. The molecule has 0 unspecified atom stereocenters. The average Bonchev–Trinajstić information content (AvgIpc) is 3.75. The Morgan fingerprint density at radius 2 is 2.00 bits per heavy atom. The van der Waals surface area contributed by atoms with Crippen LogP contribution in [0.15, 0.2) is 93.8 Å². The van der Waals surface area contributed by atoms with Gasteiger partial charge in [-0.2, -0.15) is 19.8 Å². The fraction of sp³-hybridized carbons (Fsp3) is 0. The van der Waals surface area contributed by atoms with Crippen molar-refractivity contribution in [3.63, 3.8) is 0 Å². The first-order valence-electron chi connectivity index (χ1n) is 9.95. The van der Waals surface area contributed by atoms with E-state index in [-0.39, 0.29) is 0 Å². The first-order valence-corrected chi connectivity index (χ1v) is 14.1. The van der Waals surface area contributed by atoms with E-state index in [1.165, 1.54) is 29.1 Å². The number of nitrogens with zero attached hydrogens (tertiary/aromatic N) is 10. The molecule has 0 amide bonds. The Labute approximate surface area is 202 Å². The van der Waals surface area contributed by atoms with Crippen LogP contribution in [0.2, 0.25) is 0 Å². The molecule has 35 heavy (non-hydrogen) atoms. The maximum atomic E-state index is 5.26. The smallest absolute Gasteiger partial charge is 0.172 e. The van der Waals surface area contributed by atoms with Crippen molar-refractivity contribution in [1.29, 1.82) is 0 Å². The molecule has 0 fully saturated rings. The Morgan fingerprint density at radius 3 is 2.66 bits per heavy atom. The largest absolute Gasteiger partial charge is 0.345 e. The summed E-state index contributed by atoms with van der Waals surface area (Å²) in [7, 11) is -5.02. The van der Waals surface area contributed by atoms with Crippen LogP contribution in [0.1, 0.15) is 11.4 Å². The summed E-state index contributed by atoms with van der Waals surface area (Å²) in [5, 5.41) is 36.9. The van der Waals surface area contributed by atoms with Crippen LogP contribution in [0.3, 0.4) is 0 Å². The zero-order valence-electron chi connectivity index (χ0n) is 17.4. The van der Waals surface area contributed by atoms with Crippen LogP contribution in [0.5, 0.6) is 0 Å². The van der Waals surface area contributed by atoms with Gasteiger partial charge in [0, 0.05) is 49.3 Å². The fourth-order valence-corrected chi connectivity index (χ4v) is 14.0. The lowest BCUT2D eigenvalue weighted by molar-refractivity contribution is 0.393. The van der Waals surface area contributed by atoms with Crippen LogP contribution < -0.4 is 0 Å². The molecule has 0 aliphatic carbocycles. The second-order valence-electron chi connectivity index (χ2n) is 7.43. The van der Waals surface area contributed by atoms with Gasteiger partial charge in [0.25, 0.3) is 0 Å². The highest BCUT2D eigenvalue weighted by molar-refractivity contribution is 8.70. The molecule has 1 aliphatic heterocycles. The van der Waals surface area contributed by atoms with Crippen molar-refractivity contribution in [1.82, 2.24) is 55.3 Å². The van der Waals surface area contributed by atoms with E-state index in [4.69, 9.17) is 28.5 Å². The topological polar surface area (TPSA) is 188 Å². The molecular formula is C18H13N13OS3. The number of imidazole rings is 1. The summed E-state index contributed by atoms with van der Waals surface area (Å²) in [6.45, 7) is 0. The van der Waals surface area contributed by atoms with Crippen molar-refractivity contribution < 1.29 is 4.52 Å². The van der Waals surface area contributed by atoms with Crippen LogP contribution in [0.25, 0.3) is 10.6 Å². The van der Waals surface area contributed by atoms with E-state index in [0.29, 0.717) is 41.5 Å². The van der Waals surface area contributed by atoms with Gasteiger partial charge in [0.15, 0.2) is 21.5 Å². The summed E-state index contributed by atoms with van der Waals surface area (Å²) in [5.74, 6) is 0. The molecule has 7 rings (SSSR count). The van der Waals surface area contributed by atoms with E-state index in [1.54, 1.807) is 31.0 Å². The quantitative estimate of drug-likeness (QED) is 0.291. The molecule has 7 heterocycles. The minimum absolute atomic E-state index is 0.366. The van der Waals surface area contributed by atoms with Crippen molar-refractivity contribution in [2.24, 2.45) is 9.63 Å². The number of thiazole rings is 1. The van der Waals surface area contributed by atoms with Crippen LogP contribution in [-0.2, 0) is 0 Å². The van der Waals surface area contributed by atoms with Gasteiger partial charge in [-0.15, -0.1) is 31.2 Å². The predicted molar refractivity (Wildman–Crippen MR) is 124 cm³/mol. The number of aromatic nitrogens is 11. The normalized spacial score (nSPS) is 19.8. The number of hydrogen-bond donors (Lipinski definition) is 3. The summed E-state index contributed by atoms with van der Waals surface area (Å²) in [6, 6.07) is 3.71. The van der Waals surface area contributed by atoms with Crippen LogP contribution in [0.4, 0.5) is 0 Å². The Bertz CT molecular complexity index is 1510. The third-order valence-electron chi connectivity index (χ3n) is 6.03. The van der Waals surface area contributed by atoms with E-state index in [0.717, 1.165) is 0 Å². The van der Waals surface area contributed by atoms with Crippen molar-refractivity contribution >= 4 is 42.0 Å². The lowest BCUT2D eigenvalue weighted by Gasteiger charge is -2.67. The van der Waals surface area contributed by atoms with Gasteiger partial charge in [-0.25, -0.2) is 9.97 Å². The molecule has 6 aromatic heterocycles. The van der Waals surface area contributed by atoms with Gasteiger partial charge in [0.2, 0.25) is 0 Å². The standard InChI is InChI=1S/C18H13N13OS3/c1-3-22-25-13(1)35(14-9-23-29-26-14,17-19-4-5-20-17,18-21-6-8-33-18)16(11-2-7-34-28-11)15(27-31-35)12-10-32-30-24-12/h1-10H,(H,19,20)(H,22,25)(H,23,26,29). The van der Waals surface area contributed by atoms with E-state index in [9.17, 15) is 0 Å². The first-order chi connectivity index (χ1) is 17.3. The van der Waals surface area contributed by atoms with Crippen molar-refractivity contribution in [2.75, 3.05) is 0 Å². The minimum Gasteiger partial charge on any atom is -0.345 e. The van der Waals surface area contributed by atoms with Gasteiger partial charge in [-0.05, 0) is 23.7 Å². The number of hydrogen-bond acceptors (Lipinski definition) is 13. The molecule has 6 aromatic rings. The molecule has 0 aromatic carbocycles. The number of H-pyrrole nitrogens is 3. The zero-order valence-corrected chi connectivity index (χ0v) is 19.8. The first kappa shape index (κ1) is 20.1. The fourth-order valence-electron chi connectivity index (χ4n) is 4.68. The lowest BCUT2D eigenvalue weighted by atomic mass is 10.3. The van der Waals surface area contributed by atoms with Gasteiger partial charge in [0.05, 0.1) is 21.8 Å². The number of nitrogens with one attached hydrogen (secondary N) is 3. The Morgan fingerprint density at radius 1 is 1.00 bits per heavy atom. The molecule has 174 valence electrons. The highest BCUT2D eigenvalue weighted by atomic mass is 32.4. The van der Waals surface area contributed by atoms with Gasteiger partial charge in [-0.3, -0.25) is 5.10 Å². The predicted octanol–water partition coefficient (Wildman–Crippen LogP) is 3.87. The molecule has 0 atom stereocenters. The second-order valence-corrected chi connectivity index (χ2v) is 14.4. The average molecular weight is 524 g/mol. The van der Waals surface area contributed by atoms with E-state index >= 15 is 0 Å². The van der Waals surface area contributed by atoms with Gasteiger partial charge in [-0.1, -0.05) is 0 Å². The molecule has 0 saturated carbocycles. The monoisotopic (exact) mass is 523 g/mol. The van der Waals surface area contributed by atoms with Gasteiger partial charge < -0.3 is 9.51 Å². The van der Waals surface area contributed by atoms with Crippen LogP contribution >= 0.6 is 31.3 Å². The zero-order chi connectivity index (χ0) is 23.4. The van der Waals surface area contributed by atoms with Crippen molar-refractivity contribution in [3.8, 4) is 0 Å². The highest BCUT2D eigenvalue weighted by Crippen LogP contribution is 3.13. The Balaban J connectivity index is 1.89. The molecule has 1 aliphatic rings. The third kappa shape index (κ3) is 1.96. The van der Waals surface area contributed by atoms with Gasteiger partial charge >= 0.3 is 0 Å².